The van der Waals surface area contributed by atoms with Gasteiger partial charge in [-0.05, 0) is 32.4 Å². The number of rotatable bonds is 5. The molecule has 0 unspecified atom stereocenters. The van der Waals surface area contributed by atoms with E-state index in [1.54, 1.807) is 6.07 Å². The molecule has 1 N–H and O–H groups in total. The minimum atomic E-state index is -0.658. The maximum Gasteiger partial charge on any atom is 0.258 e. The molecule has 5 heteroatoms. The van der Waals surface area contributed by atoms with E-state index in [4.69, 9.17) is 10.00 Å². The molecule has 4 nitrogen and oxygen atoms in total. The minimum Gasteiger partial charge on any atom is -0.484 e. The minimum absolute atomic E-state index is 0.0519. The van der Waals surface area contributed by atoms with Gasteiger partial charge in [0.1, 0.15) is 17.6 Å². The van der Waals surface area contributed by atoms with Crippen molar-refractivity contribution in [2.75, 3.05) is 6.61 Å². The second-order valence-corrected chi connectivity index (χ2v) is 4.83. The topological polar surface area (TPSA) is 62.1 Å². The molecule has 0 bridgehead atoms. The lowest BCUT2D eigenvalue weighted by atomic mass is 10.0. The maximum absolute atomic E-state index is 13.3. The number of carbonyl (C=O) groups is 1. The van der Waals surface area contributed by atoms with Crippen molar-refractivity contribution in [3.05, 3.63) is 29.6 Å². The van der Waals surface area contributed by atoms with Gasteiger partial charge >= 0.3 is 0 Å². The van der Waals surface area contributed by atoms with E-state index in [0.29, 0.717) is 0 Å². The summed E-state index contributed by atoms with van der Waals surface area (Å²) in [6, 6.07) is 5.59. The van der Waals surface area contributed by atoms with Gasteiger partial charge in [-0.1, -0.05) is 6.92 Å². The fraction of sp³-hybridized carbons (Fsp3) is 0.429. The summed E-state index contributed by atoms with van der Waals surface area (Å²) in [6.07, 6.45) is 0.796. The predicted octanol–water partition coefficient (Wildman–Crippen LogP) is 2.38. The first kappa shape index (κ1) is 15.0. The molecule has 0 heterocycles. The first-order valence-electron chi connectivity index (χ1n) is 6.01. The Bertz CT molecular complexity index is 507. The number of ether oxygens (including phenoxy) is 1. The van der Waals surface area contributed by atoms with Crippen LogP contribution in [0.25, 0.3) is 0 Å². The Hall–Kier alpha value is -2.09. The van der Waals surface area contributed by atoms with Crippen molar-refractivity contribution >= 4 is 5.91 Å². The first-order valence-corrected chi connectivity index (χ1v) is 6.01. The highest BCUT2D eigenvalue weighted by molar-refractivity contribution is 5.78. The molecule has 0 aliphatic rings. The molecule has 0 aliphatic heterocycles. The molecule has 0 saturated carbocycles. The third-order valence-electron chi connectivity index (χ3n) is 2.79. The van der Waals surface area contributed by atoms with Crippen LogP contribution in [0.3, 0.4) is 0 Å². The van der Waals surface area contributed by atoms with Crippen molar-refractivity contribution in [2.24, 2.45) is 0 Å². The standard InChI is InChI=1S/C14H17FN2O2/c1-4-14(2,3)17-13(18)9-19-11-6-5-10(8-16)12(15)7-11/h5-7H,4,9H2,1-3H3,(H,17,18). The zero-order valence-corrected chi connectivity index (χ0v) is 11.3. The van der Waals surface area contributed by atoms with Gasteiger partial charge in [-0.25, -0.2) is 4.39 Å². The normalized spacial score (nSPS) is 10.7. The van der Waals surface area contributed by atoms with Crippen LogP contribution >= 0.6 is 0 Å². The average Bonchev–Trinajstić information content (AvgIpc) is 2.36. The summed E-state index contributed by atoms with van der Waals surface area (Å²) in [5, 5.41) is 11.4. The number of halogens is 1. The summed E-state index contributed by atoms with van der Waals surface area (Å²) < 4.78 is 18.5. The van der Waals surface area contributed by atoms with Crippen LogP contribution in [0.5, 0.6) is 5.75 Å². The Labute approximate surface area is 112 Å². The molecule has 1 rings (SSSR count). The van der Waals surface area contributed by atoms with Crippen LogP contribution in [0.4, 0.5) is 4.39 Å². The van der Waals surface area contributed by atoms with E-state index in [2.05, 4.69) is 5.32 Å². The summed E-state index contributed by atoms with van der Waals surface area (Å²) in [5.74, 6) is -0.702. The summed E-state index contributed by atoms with van der Waals surface area (Å²) in [4.78, 5) is 11.6. The summed E-state index contributed by atoms with van der Waals surface area (Å²) in [7, 11) is 0. The van der Waals surface area contributed by atoms with Crippen LogP contribution in [-0.4, -0.2) is 18.1 Å². The smallest absolute Gasteiger partial charge is 0.258 e. The number of benzene rings is 1. The van der Waals surface area contributed by atoms with Crippen LogP contribution < -0.4 is 10.1 Å². The largest absolute Gasteiger partial charge is 0.484 e. The highest BCUT2D eigenvalue weighted by Gasteiger charge is 2.17. The number of hydrogen-bond acceptors (Lipinski definition) is 3. The number of amides is 1. The number of nitriles is 1. The van der Waals surface area contributed by atoms with Crippen LogP contribution in [-0.2, 0) is 4.79 Å². The van der Waals surface area contributed by atoms with Crippen molar-refractivity contribution in [2.45, 2.75) is 32.7 Å². The van der Waals surface area contributed by atoms with Gasteiger partial charge < -0.3 is 10.1 Å². The highest BCUT2D eigenvalue weighted by Crippen LogP contribution is 2.16. The molecule has 19 heavy (non-hydrogen) atoms. The Morgan fingerprint density at radius 1 is 1.53 bits per heavy atom. The summed E-state index contributed by atoms with van der Waals surface area (Å²) >= 11 is 0. The van der Waals surface area contributed by atoms with Gasteiger partial charge in [0.2, 0.25) is 0 Å². The fourth-order valence-electron chi connectivity index (χ4n) is 1.33. The lowest BCUT2D eigenvalue weighted by Crippen LogP contribution is -2.44. The maximum atomic E-state index is 13.3. The van der Waals surface area contributed by atoms with E-state index >= 15 is 0 Å². The van der Waals surface area contributed by atoms with Gasteiger partial charge in [-0.3, -0.25) is 4.79 Å². The summed E-state index contributed by atoms with van der Waals surface area (Å²) in [6.45, 7) is 5.60. The van der Waals surface area contributed by atoms with E-state index in [1.165, 1.54) is 12.1 Å². The van der Waals surface area contributed by atoms with Gasteiger partial charge in [0.05, 0.1) is 5.56 Å². The highest BCUT2D eigenvalue weighted by atomic mass is 19.1. The fourth-order valence-corrected chi connectivity index (χ4v) is 1.33. The molecule has 0 fully saturated rings. The third-order valence-corrected chi connectivity index (χ3v) is 2.79. The summed E-state index contributed by atoms with van der Waals surface area (Å²) in [5.41, 5.74) is -0.347. The van der Waals surface area contributed by atoms with Gasteiger partial charge in [0.15, 0.2) is 6.61 Å². The zero-order valence-electron chi connectivity index (χ0n) is 11.3. The number of nitrogens with zero attached hydrogens (tertiary/aromatic N) is 1. The van der Waals surface area contributed by atoms with Crippen LogP contribution in [0.1, 0.15) is 32.8 Å². The molecule has 0 spiro atoms. The molecule has 0 aromatic heterocycles. The van der Waals surface area contributed by atoms with E-state index in [-0.39, 0.29) is 29.4 Å². The molecule has 0 radical (unpaired) electrons. The van der Waals surface area contributed by atoms with Gasteiger partial charge in [0.25, 0.3) is 5.91 Å². The van der Waals surface area contributed by atoms with E-state index in [1.807, 2.05) is 20.8 Å². The van der Waals surface area contributed by atoms with E-state index in [9.17, 15) is 9.18 Å². The zero-order chi connectivity index (χ0) is 14.5. The molecule has 1 aromatic carbocycles. The Kier molecular flexibility index (Phi) is 4.87. The quantitative estimate of drug-likeness (QED) is 0.888. The van der Waals surface area contributed by atoms with E-state index < -0.39 is 5.82 Å². The SMILES string of the molecule is CCC(C)(C)NC(=O)COc1ccc(C#N)c(F)c1. The Balaban J connectivity index is 2.56. The van der Waals surface area contributed by atoms with Gasteiger partial charge in [-0.15, -0.1) is 0 Å². The molecular weight excluding hydrogens is 247 g/mol. The van der Waals surface area contributed by atoms with Crippen molar-refractivity contribution in [3.63, 3.8) is 0 Å². The Morgan fingerprint density at radius 2 is 2.21 bits per heavy atom. The second kappa shape index (κ2) is 6.19. The third kappa shape index (κ3) is 4.59. The number of nitrogens with one attached hydrogen (secondary N) is 1. The van der Waals surface area contributed by atoms with Gasteiger partial charge in [-0.2, -0.15) is 5.26 Å². The molecule has 102 valence electrons. The van der Waals surface area contributed by atoms with Crippen LogP contribution in [0, 0.1) is 17.1 Å². The molecule has 1 aromatic rings. The van der Waals surface area contributed by atoms with Crippen molar-refractivity contribution in [1.29, 1.82) is 5.26 Å². The first-order chi connectivity index (χ1) is 8.88. The Morgan fingerprint density at radius 3 is 2.74 bits per heavy atom. The van der Waals surface area contributed by atoms with Crippen molar-refractivity contribution in [1.82, 2.24) is 5.32 Å². The molecule has 1 amide bonds. The average molecular weight is 264 g/mol. The second-order valence-electron chi connectivity index (χ2n) is 4.83. The van der Waals surface area contributed by atoms with Crippen LogP contribution in [0.15, 0.2) is 18.2 Å². The molecule has 0 aliphatic carbocycles. The molecule has 0 atom stereocenters. The van der Waals surface area contributed by atoms with E-state index in [0.717, 1.165) is 12.5 Å². The van der Waals surface area contributed by atoms with Crippen LogP contribution in [0.2, 0.25) is 0 Å². The van der Waals surface area contributed by atoms with Crippen molar-refractivity contribution in [3.8, 4) is 11.8 Å². The monoisotopic (exact) mass is 264 g/mol. The lowest BCUT2D eigenvalue weighted by Gasteiger charge is -2.24. The van der Waals surface area contributed by atoms with Gasteiger partial charge in [0, 0.05) is 11.6 Å². The number of hydrogen-bond donors (Lipinski definition) is 1. The number of carbonyl (C=O) groups excluding carboxylic acids is 1. The molecular formula is C14H17FN2O2. The predicted molar refractivity (Wildman–Crippen MR) is 69.1 cm³/mol. The van der Waals surface area contributed by atoms with Crippen molar-refractivity contribution < 1.29 is 13.9 Å². The molecule has 0 saturated heterocycles. The lowest BCUT2D eigenvalue weighted by molar-refractivity contribution is -0.124.